The largest absolute Gasteiger partial charge is 0.497 e. The summed E-state index contributed by atoms with van der Waals surface area (Å²) in [6.45, 7) is 6.89. The highest BCUT2D eigenvalue weighted by molar-refractivity contribution is 6.64. The minimum absolute atomic E-state index is 0.0826. The molecule has 0 aliphatic carbocycles. The first kappa shape index (κ1) is 23.1. The second-order valence-corrected chi connectivity index (χ2v) is 8.19. The number of carbonyl (C=O) groups is 1. The van der Waals surface area contributed by atoms with Gasteiger partial charge in [0.1, 0.15) is 12.4 Å². The summed E-state index contributed by atoms with van der Waals surface area (Å²) in [6, 6.07) is 9.92. The normalized spacial score (nSPS) is 17.5. The third kappa shape index (κ3) is 5.02. The number of amides is 1. The van der Waals surface area contributed by atoms with Crippen molar-refractivity contribution in [1.29, 1.82) is 0 Å². The summed E-state index contributed by atoms with van der Waals surface area (Å²) in [6.07, 6.45) is -5.95. The smallest absolute Gasteiger partial charge is 0.444 e. The third-order valence-electron chi connectivity index (χ3n) is 5.40. The quantitative estimate of drug-likeness (QED) is 0.545. The van der Waals surface area contributed by atoms with Crippen LogP contribution < -0.4 is 10.8 Å². The van der Waals surface area contributed by atoms with Crippen LogP contribution in [0.1, 0.15) is 38.8 Å². The number of hydrogen-bond acceptors (Lipinski definition) is 4. The summed E-state index contributed by atoms with van der Waals surface area (Å²) < 4.78 is 70.7. The summed E-state index contributed by atoms with van der Waals surface area (Å²) in [7, 11) is -1.19. The molecule has 1 fully saturated rings. The van der Waals surface area contributed by atoms with E-state index in [0.29, 0.717) is 17.7 Å². The van der Waals surface area contributed by atoms with Crippen LogP contribution in [-0.2, 0) is 26.8 Å². The molecule has 0 bridgehead atoms. The van der Waals surface area contributed by atoms with Crippen LogP contribution in [0.3, 0.4) is 0 Å². The zero-order valence-electron chi connectivity index (χ0n) is 17.5. The lowest BCUT2D eigenvalue weighted by atomic mass is 9.77. The fraction of sp³-hybridized carbons (Fsp3) is 0.381. The summed E-state index contributed by atoms with van der Waals surface area (Å²) in [5.41, 5.74) is -2.86. The molecule has 1 aliphatic rings. The van der Waals surface area contributed by atoms with Crippen LogP contribution in [0.5, 0.6) is 0 Å². The van der Waals surface area contributed by atoms with Crippen LogP contribution in [0.4, 0.5) is 28.0 Å². The molecule has 0 radical (unpaired) electrons. The maximum Gasteiger partial charge on any atom is 0.497 e. The maximum absolute atomic E-state index is 14.3. The topological polar surface area (TPSA) is 56.8 Å². The molecule has 1 N–H and O–H groups in total. The number of hydrogen-bond donors (Lipinski definition) is 1. The predicted molar refractivity (Wildman–Crippen MR) is 107 cm³/mol. The van der Waals surface area contributed by atoms with Crippen molar-refractivity contribution in [3.8, 4) is 0 Å². The second-order valence-electron chi connectivity index (χ2n) is 8.19. The fourth-order valence-corrected chi connectivity index (χ4v) is 2.95. The van der Waals surface area contributed by atoms with Crippen molar-refractivity contribution >= 4 is 24.4 Å². The van der Waals surface area contributed by atoms with Crippen LogP contribution >= 0.6 is 0 Å². The molecule has 0 unspecified atom stereocenters. The number of rotatable bonds is 4. The van der Waals surface area contributed by atoms with Crippen LogP contribution in [0, 0.1) is 5.82 Å². The van der Waals surface area contributed by atoms with E-state index in [9.17, 15) is 22.4 Å². The predicted octanol–water partition coefficient (Wildman–Crippen LogP) is 4.89. The second kappa shape index (κ2) is 8.16. The highest BCUT2D eigenvalue weighted by atomic mass is 19.4. The number of nitrogens with one attached hydrogen (secondary N) is 1. The number of anilines is 1. The van der Waals surface area contributed by atoms with Gasteiger partial charge in [0, 0.05) is 11.2 Å². The summed E-state index contributed by atoms with van der Waals surface area (Å²) >= 11 is 0. The van der Waals surface area contributed by atoms with E-state index in [2.05, 4.69) is 5.32 Å². The van der Waals surface area contributed by atoms with Crippen molar-refractivity contribution < 1.29 is 36.4 Å². The van der Waals surface area contributed by atoms with Crippen LogP contribution in [0.15, 0.2) is 42.5 Å². The molecule has 166 valence electrons. The van der Waals surface area contributed by atoms with Crippen molar-refractivity contribution in [3.63, 3.8) is 0 Å². The van der Waals surface area contributed by atoms with Gasteiger partial charge in [-0.3, -0.25) is 5.32 Å². The van der Waals surface area contributed by atoms with Gasteiger partial charge in [-0.05, 0) is 45.4 Å². The lowest BCUT2D eigenvalue weighted by molar-refractivity contribution is -0.139. The lowest BCUT2D eigenvalue weighted by Gasteiger charge is -2.32. The van der Waals surface area contributed by atoms with Gasteiger partial charge in [0.05, 0.1) is 16.8 Å². The monoisotopic (exact) mass is 439 g/mol. The van der Waals surface area contributed by atoms with Gasteiger partial charge in [0.25, 0.3) is 0 Å². The van der Waals surface area contributed by atoms with Gasteiger partial charge in [0.2, 0.25) is 0 Å². The number of ether oxygens (including phenoxy) is 1. The molecule has 3 rings (SSSR count). The summed E-state index contributed by atoms with van der Waals surface area (Å²) in [5, 5.41) is 2.26. The molecular weight excluding hydrogens is 417 g/mol. The lowest BCUT2D eigenvalue weighted by Crippen LogP contribution is -2.41. The Labute approximate surface area is 177 Å². The van der Waals surface area contributed by atoms with E-state index in [4.69, 9.17) is 14.0 Å². The van der Waals surface area contributed by atoms with E-state index >= 15 is 0 Å². The molecule has 5 nitrogen and oxygen atoms in total. The van der Waals surface area contributed by atoms with Crippen molar-refractivity contribution in [3.05, 3.63) is 59.4 Å². The van der Waals surface area contributed by atoms with Gasteiger partial charge in [-0.15, -0.1) is 0 Å². The average Bonchev–Trinajstić information content (AvgIpc) is 2.88. The molecule has 1 heterocycles. The van der Waals surface area contributed by atoms with Gasteiger partial charge in [-0.25, -0.2) is 9.18 Å². The summed E-state index contributed by atoms with van der Waals surface area (Å²) in [4.78, 5) is 12.3. The Balaban J connectivity index is 1.90. The first-order valence-corrected chi connectivity index (χ1v) is 9.54. The van der Waals surface area contributed by atoms with E-state index < -0.39 is 42.0 Å². The Morgan fingerprint density at radius 2 is 1.65 bits per heavy atom. The van der Waals surface area contributed by atoms with Gasteiger partial charge < -0.3 is 14.0 Å². The highest BCUT2D eigenvalue weighted by Gasteiger charge is 2.53. The minimum atomic E-state index is -4.96. The van der Waals surface area contributed by atoms with Crippen molar-refractivity contribution in [2.24, 2.45) is 0 Å². The third-order valence-corrected chi connectivity index (χ3v) is 5.40. The SMILES string of the molecule is CC1(C)OB(c2cc(F)c(C(F)(F)F)cc2NC(=O)OCc2ccccc2)OC1(C)C. The van der Waals surface area contributed by atoms with E-state index in [0.717, 1.165) is 0 Å². The van der Waals surface area contributed by atoms with E-state index in [-0.39, 0.29) is 17.8 Å². The van der Waals surface area contributed by atoms with Crippen molar-refractivity contribution in [2.75, 3.05) is 5.32 Å². The molecule has 1 amide bonds. The Hall–Kier alpha value is -2.59. The van der Waals surface area contributed by atoms with Crippen LogP contribution in [0.2, 0.25) is 0 Å². The molecule has 0 atom stereocenters. The molecule has 2 aromatic rings. The zero-order valence-corrected chi connectivity index (χ0v) is 17.5. The Bertz CT molecular complexity index is 948. The van der Waals surface area contributed by atoms with Gasteiger partial charge in [-0.2, -0.15) is 13.2 Å². The number of alkyl halides is 3. The van der Waals surface area contributed by atoms with E-state index in [1.165, 1.54) is 0 Å². The molecular formula is C21H22BF4NO4. The minimum Gasteiger partial charge on any atom is -0.444 e. The molecule has 2 aromatic carbocycles. The molecule has 1 aliphatic heterocycles. The van der Waals surface area contributed by atoms with Crippen molar-refractivity contribution in [1.82, 2.24) is 0 Å². The molecule has 0 aromatic heterocycles. The molecule has 31 heavy (non-hydrogen) atoms. The molecule has 10 heteroatoms. The van der Waals surface area contributed by atoms with Crippen LogP contribution in [0.25, 0.3) is 0 Å². The molecule has 0 spiro atoms. The molecule has 1 saturated heterocycles. The van der Waals surface area contributed by atoms with Gasteiger partial charge in [0.15, 0.2) is 0 Å². The Kier molecular flexibility index (Phi) is 6.08. The average molecular weight is 439 g/mol. The van der Waals surface area contributed by atoms with E-state index in [1.54, 1.807) is 58.0 Å². The van der Waals surface area contributed by atoms with Crippen LogP contribution in [-0.4, -0.2) is 24.4 Å². The van der Waals surface area contributed by atoms with Gasteiger partial charge in [-0.1, -0.05) is 30.3 Å². The molecule has 0 saturated carbocycles. The highest BCUT2D eigenvalue weighted by Crippen LogP contribution is 2.38. The van der Waals surface area contributed by atoms with E-state index in [1.807, 2.05) is 0 Å². The maximum atomic E-state index is 14.3. The number of benzene rings is 2. The first-order valence-electron chi connectivity index (χ1n) is 9.54. The summed E-state index contributed by atoms with van der Waals surface area (Å²) in [5.74, 6) is -1.50. The number of carbonyl (C=O) groups excluding carboxylic acids is 1. The first-order chi connectivity index (χ1) is 14.3. The Morgan fingerprint density at radius 1 is 1.06 bits per heavy atom. The Morgan fingerprint density at radius 3 is 2.19 bits per heavy atom. The standard InChI is InChI=1S/C21H22BF4NO4/c1-19(2)20(3,4)31-22(30-19)15-11-16(23)14(21(24,25)26)10-17(15)27-18(28)29-12-13-8-6-5-7-9-13/h5-11H,12H2,1-4H3,(H,27,28). The zero-order chi connectivity index (χ0) is 23.0. The fourth-order valence-electron chi connectivity index (χ4n) is 2.95. The number of halogens is 4. The van der Waals surface area contributed by atoms with Gasteiger partial charge >= 0.3 is 19.4 Å². The van der Waals surface area contributed by atoms with Crippen molar-refractivity contribution in [2.45, 2.75) is 51.7 Å².